The molecule has 9 heteroatoms. The summed E-state index contributed by atoms with van der Waals surface area (Å²) in [7, 11) is 0. The van der Waals surface area contributed by atoms with E-state index < -0.39 is 40.2 Å². The number of benzene rings is 1. The number of carbonyl (C=O) groups excluding carboxylic acids is 2. The Morgan fingerprint density at radius 2 is 2.16 bits per heavy atom. The number of nitrogens with one attached hydrogen (secondary N) is 1. The number of allylic oxidation sites excluding steroid dienone is 1. The predicted octanol–water partition coefficient (Wildman–Crippen LogP) is 2.82. The lowest BCUT2D eigenvalue weighted by Gasteiger charge is -2.40. The van der Waals surface area contributed by atoms with Crippen LogP contribution in [-0.2, 0) is 17.8 Å². The quantitative estimate of drug-likeness (QED) is 0.706. The number of carbonyl (C=O) groups is 2. The van der Waals surface area contributed by atoms with Crippen molar-refractivity contribution >= 4 is 23.3 Å². The Kier molecular flexibility index (Phi) is 5.45. The Hall–Kier alpha value is -2.97. The standard InChI is InChI=1S/C22H20ClFN2O5/c1-22-7-2-3-8-31-15(22)11-26-10-13(18(27)19(28)17(26)20(22)29)21(30)25-9-12-5-4-6-14(23)16(12)24/h2-6,10,15,28H,7-9,11H2,1H3,(H,25,30). The van der Waals surface area contributed by atoms with E-state index >= 15 is 0 Å². The van der Waals surface area contributed by atoms with Crippen molar-refractivity contribution in [2.24, 2.45) is 5.41 Å². The molecule has 1 aromatic carbocycles. The Labute approximate surface area is 182 Å². The van der Waals surface area contributed by atoms with Crippen LogP contribution in [0.4, 0.5) is 4.39 Å². The molecule has 3 heterocycles. The van der Waals surface area contributed by atoms with Crippen LogP contribution in [0.1, 0.15) is 39.8 Å². The van der Waals surface area contributed by atoms with Gasteiger partial charge in [0, 0.05) is 18.3 Å². The Morgan fingerprint density at radius 3 is 2.94 bits per heavy atom. The summed E-state index contributed by atoms with van der Waals surface area (Å²) in [6.07, 6.45) is 4.83. The summed E-state index contributed by atoms with van der Waals surface area (Å²) in [5.41, 5.74) is -2.23. The average Bonchev–Trinajstić information content (AvgIpc) is 2.93. The number of amides is 1. The molecule has 0 spiro atoms. The Balaban J connectivity index is 1.66. The van der Waals surface area contributed by atoms with Gasteiger partial charge in [-0.3, -0.25) is 14.4 Å². The highest BCUT2D eigenvalue weighted by atomic mass is 35.5. The van der Waals surface area contributed by atoms with Crippen molar-refractivity contribution in [3.05, 3.63) is 74.4 Å². The maximum atomic E-state index is 14.0. The molecule has 4 rings (SSSR count). The molecule has 1 aromatic heterocycles. The third kappa shape index (κ3) is 3.55. The Bertz CT molecular complexity index is 1180. The number of hydrogen-bond donors (Lipinski definition) is 2. The molecule has 2 aliphatic rings. The fraction of sp³-hybridized carbons (Fsp3) is 0.318. The van der Waals surface area contributed by atoms with Gasteiger partial charge in [-0.05, 0) is 19.4 Å². The number of aromatic hydroxyl groups is 1. The molecule has 0 fully saturated rings. The number of nitrogens with zero attached hydrogens (tertiary/aromatic N) is 1. The summed E-state index contributed by atoms with van der Waals surface area (Å²) in [5.74, 6) is -2.67. The largest absolute Gasteiger partial charge is 0.503 e. The molecule has 0 radical (unpaired) electrons. The summed E-state index contributed by atoms with van der Waals surface area (Å²) < 4.78 is 21.2. The van der Waals surface area contributed by atoms with E-state index in [1.165, 1.54) is 29.0 Å². The smallest absolute Gasteiger partial charge is 0.257 e. The second kappa shape index (κ2) is 7.94. The van der Waals surface area contributed by atoms with E-state index in [0.717, 1.165) is 0 Å². The molecule has 0 saturated heterocycles. The topological polar surface area (TPSA) is 97.6 Å². The third-order valence-corrected chi connectivity index (χ3v) is 6.17. The van der Waals surface area contributed by atoms with Crippen LogP contribution in [0.5, 0.6) is 5.75 Å². The van der Waals surface area contributed by atoms with Gasteiger partial charge in [-0.1, -0.05) is 35.9 Å². The minimum atomic E-state index is -0.962. The predicted molar refractivity (Wildman–Crippen MR) is 111 cm³/mol. The third-order valence-electron chi connectivity index (χ3n) is 5.88. The second-order valence-electron chi connectivity index (χ2n) is 7.86. The number of rotatable bonds is 3. The summed E-state index contributed by atoms with van der Waals surface area (Å²) in [4.78, 5) is 38.5. The molecule has 162 valence electrons. The monoisotopic (exact) mass is 446 g/mol. The molecular weight excluding hydrogens is 427 g/mol. The number of aromatic nitrogens is 1. The van der Waals surface area contributed by atoms with Crippen LogP contribution >= 0.6 is 11.6 Å². The maximum absolute atomic E-state index is 14.0. The Morgan fingerprint density at radius 1 is 1.39 bits per heavy atom. The van der Waals surface area contributed by atoms with Gasteiger partial charge in [-0.15, -0.1) is 0 Å². The van der Waals surface area contributed by atoms with Crippen LogP contribution in [0.15, 0.2) is 41.3 Å². The minimum Gasteiger partial charge on any atom is -0.503 e. The molecule has 31 heavy (non-hydrogen) atoms. The fourth-order valence-corrected chi connectivity index (χ4v) is 4.17. The first-order chi connectivity index (χ1) is 14.7. The van der Waals surface area contributed by atoms with Gasteiger partial charge in [0.15, 0.2) is 11.5 Å². The summed E-state index contributed by atoms with van der Waals surface area (Å²) >= 11 is 5.74. The maximum Gasteiger partial charge on any atom is 0.257 e. The van der Waals surface area contributed by atoms with E-state index in [-0.39, 0.29) is 34.9 Å². The van der Waals surface area contributed by atoms with Crippen molar-refractivity contribution in [2.45, 2.75) is 32.5 Å². The lowest BCUT2D eigenvalue weighted by Crippen LogP contribution is -2.49. The van der Waals surface area contributed by atoms with E-state index in [9.17, 15) is 23.9 Å². The van der Waals surface area contributed by atoms with Crippen molar-refractivity contribution in [1.82, 2.24) is 9.88 Å². The molecule has 2 unspecified atom stereocenters. The summed E-state index contributed by atoms with van der Waals surface area (Å²) in [5, 5.41) is 12.9. The molecule has 2 N–H and O–H groups in total. The van der Waals surface area contributed by atoms with E-state index in [1.807, 2.05) is 12.2 Å². The lowest BCUT2D eigenvalue weighted by molar-refractivity contribution is -0.0235. The van der Waals surface area contributed by atoms with Gasteiger partial charge in [-0.2, -0.15) is 0 Å². The fourth-order valence-electron chi connectivity index (χ4n) is 3.98. The van der Waals surface area contributed by atoms with Gasteiger partial charge < -0.3 is 19.7 Å². The second-order valence-corrected chi connectivity index (χ2v) is 8.27. The van der Waals surface area contributed by atoms with Crippen LogP contribution in [0, 0.1) is 11.2 Å². The SMILES string of the molecule is CC12CC=CCOC1Cn1cc(C(=O)NCc3cccc(Cl)c3F)c(=O)c(O)c1C2=O. The van der Waals surface area contributed by atoms with Crippen LogP contribution in [0.3, 0.4) is 0 Å². The van der Waals surface area contributed by atoms with Gasteiger partial charge in [0.1, 0.15) is 17.1 Å². The van der Waals surface area contributed by atoms with Crippen molar-refractivity contribution in [1.29, 1.82) is 0 Å². The van der Waals surface area contributed by atoms with Gasteiger partial charge in [-0.25, -0.2) is 4.39 Å². The first-order valence-electron chi connectivity index (χ1n) is 9.73. The zero-order valence-electron chi connectivity index (χ0n) is 16.7. The molecule has 0 aliphatic carbocycles. The van der Waals surface area contributed by atoms with Gasteiger partial charge in [0.2, 0.25) is 5.43 Å². The van der Waals surface area contributed by atoms with Crippen molar-refractivity contribution in [2.75, 3.05) is 6.61 Å². The number of fused-ring (bicyclic) bond motifs is 2. The van der Waals surface area contributed by atoms with Gasteiger partial charge >= 0.3 is 0 Å². The van der Waals surface area contributed by atoms with Gasteiger partial charge in [0.05, 0.1) is 29.7 Å². The zero-order chi connectivity index (χ0) is 22.3. The molecule has 2 aromatic rings. The van der Waals surface area contributed by atoms with Crippen molar-refractivity contribution in [3.8, 4) is 5.75 Å². The average molecular weight is 447 g/mol. The number of ketones is 1. The lowest BCUT2D eigenvalue weighted by atomic mass is 9.73. The summed E-state index contributed by atoms with van der Waals surface area (Å²) in [6.45, 7) is 2.06. The van der Waals surface area contributed by atoms with E-state index in [1.54, 1.807) is 6.92 Å². The van der Waals surface area contributed by atoms with Crippen molar-refractivity contribution in [3.63, 3.8) is 0 Å². The van der Waals surface area contributed by atoms with E-state index in [2.05, 4.69) is 5.32 Å². The number of pyridine rings is 1. The number of hydrogen-bond acceptors (Lipinski definition) is 5. The van der Waals surface area contributed by atoms with Crippen molar-refractivity contribution < 1.29 is 23.8 Å². The number of ether oxygens (including phenoxy) is 1. The molecule has 1 amide bonds. The number of Topliss-reactive ketones (excluding diaryl/α,β-unsaturated/α-hetero) is 1. The van der Waals surface area contributed by atoms with Gasteiger partial charge in [0.25, 0.3) is 5.91 Å². The first kappa shape index (κ1) is 21.3. The highest BCUT2D eigenvalue weighted by Crippen LogP contribution is 2.40. The molecule has 7 nitrogen and oxygen atoms in total. The highest BCUT2D eigenvalue weighted by molar-refractivity contribution is 6.30. The summed E-state index contributed by atoms with van der Waals surface area (Å²) in [6, 6.07) is 4.37. The van der Waals surface area contributed by atoms with Crippen LogP contribution in [0.25, 0.3) is 0 Å². The molecule has 0 saturated carbocycles. The highest BCUT2D eigenvalue weighted by Gasteiger charge is 2.48. The normalized spacial score (nSPS) is 22.4. The zero-order valence-corrected chi connectivity index (χ0v) is 17.4. The first-order valence-corrected chi connectivity index (χ1v) is 10.1. The van der Waals surface area contributed by atoms with E-state index in [0.29, 0.717) is 13.0 Å². The molecule has 2 aliphatic heterocycles. The van der Waals surface area contributed by atoms with Crippen LogP contribution < -0.4 is 10.7 Å². The van der Waals surface area contributed by atoms with Crippen LogP contribution in [0.2, 0.25) is 5.02 Å². The number of halogens is 2. The molecule has 0 bridgehead atoms. The van der Waals surface area contributed by atoms with Crippen LogP contribution in [-0.4, -0.2) is 34.1 Å². The molecular formula is C22H20ClFN2O5. The molecule has 2 atom stereocenters. The minimum absolute atomic E-state index is 0.0855. The van der Waals surface area contributed by atoms with E-state index in [4.69, 9.17) is 16.3 Å².